The summed E-state index contributed by atoms with van der Waals surface area (Å²) in [6.45, 7) is 0. The number of benzene rings is 7. The summed E-state index contributed by atoms with van der Waals surface area (Å²) >= 11 is 1.81. The van der Waals surface area contributed by atoms with Gasteiger partial charge in [-0.2, -0.15) is 10.5 Å². The number of aromatic nitrogens is 2. The second-order valence-corrected chi connectivity index (χ2v) is 13.4. The van der Waals surface area contributed by atoms with Gasteiger partial charge in [-0.05, 0) is 66.7 Å². The van der Waals surface area contributed by atoms with Crippen molar-refractivity contribution in [2.75, 3.05) is 0 Å². The minimum Gasteiger partial charge on any atom is -0.309 e. The van der Waals surface area contributed by atoms with Crippen LogP contribution in [0.2, 0.25) is 0 Å². The van der Waals surface area contributed by atoms with Gasteiger partial charge in [0.05, 0.1) is 56.7 Å². The van der Waals surface area contributed by atoms with Gasteiger partial charge in [0.25, 0.3) is 0 Å². The Bertz CT molecular complexity index is 3090. The Morgan fingerprint density at radius 2 is 0.980 bits per heavy atom. The summed E-state index contributed by atoms with van der Waals surface area (Å²) in [5.41, 5.74) is 9.95. The number of thiophene rings is 1. The third-order valence-electron chi connectivity index (χ3n) is 9.78. The van der Waals surface area contributed by atoms with Gasteiger partial charge in [0.1, 0.15) is 0 Å². The maximum atomic E-state index is 9.89. The van der Waals surface area contributed by atoms with Crippen LogP contribution in [0.3, 0.4) is 0 Å². The highest BCUT2D eigenvalue weighted by atomic mass is 32.1. The molecule has 0 fully saturated rings. The third kappa shape index (κ3) is 3.88. The zero-order valence-corrected chi connectivity index (χ0v) is 26.9. The fourth-order valence-electron chi connectivity index (χ4n) is 7.73. The van der Waals surface area contributed by atoms with Crippen LogP contribution in [-0.4, -0.2) is 9.13 Å². The smallest absolute Gasteiger partial charge is 0.0991 e. The summed E-state index contributed by atoms with van der Waals surface area (Å²) < 4.78 is 7.22. The van der Waals surface area contributed by atoms with E-state index in [0.717, 1.165) is 66.1 Å². The molecule has 0 aliphatic rings. The Balaban J connectivity index is 1.33. The Labute approximate surface area is 285 Å². The molecule has 5 heteroatoms. The molecule has 49 heavy (non-hydrogen) atoms. The van der Waals surface area contributed by atoms with Crippen molar-refractivity contribution < 1.29 is 0 Å². The standard InChI is InChI=1S/C44H24N4S/c45-25-27-17-20-39-34(23-27)31-11-3-6-14-37(31)47(39)36-13-5-1-9-29(36)30-10-2-7-15-38(30)48-40-21-18-28(26-46)24-35(40)32-19-22-42-43(44(32)48)33-12-4-8-16-41(33)49-42/h1-24H. The van der Waals surface area contributed by atoms with Crippen molar-refractivity contribution in [1.29, 1.82) is 10.5 Å². The summed E-state index contributed by atoms with van der Waals surface area (Å²) in [6.07, 6.45) is 0. The quantitative estimate of drug-likeness (QED) is 0.193. The molecule has 3 heterocycles. The molecule has 0 radical (unpaired) electrons. The van der Waals surface area contributed by atoms with Gasteiger partial charge in [-0.3, -0.25) is 0 Å². The molecule has 0 aliphatic carbocycles. The van der Waals surface area contributed by atoms with Crippen LogP contribution >= 0.6 is 11.3 Å². The van der Waals surface area contributed by atoms with E-state index in [-0.39, 0.29) is 0 Å². The van der Waals surface area contributed by atoms with Gasteiger partial charge in [0.15, 0.2) is 0 Å². The second-order valence-electron chi connectivity index (χ2n) is 12.3. The molecule has 0 amide bonds. The average Bonchev–Trinajstić information content (AvgIpc) is 3.81. The molecular formula is C44H24N4S. The summed E-state index contributed by atoms with van der Waals surface area (Å²) in [5.74, 6) is 0. The van der Waals surface area contributed by atoms with Gasteiger partial charge < -0.3 is 9.13 Å². The minimum absolute atomic E-state index is 0.645. The number of para-hydroxylation sites is 3. The van der Waals surface area contributed by atoms with Crippen LogP contribution in [0.1, 0.15) is 11.1 Å². The number of nitrogens with zero attached hydrogens (tertiary/aromatic N) is 4. The maximum Gasteiger partial charge on any atom is 0.0991 e. The van der Waals surface area contributed by atoms with Crippen molar-refractivity contribution in [1.82, 2.24) is 9.13 Å². The van der Waals surface area contributed by atoms with Crippen LogP contribution in [0.25, 0.3) is 86.3 Å². The molecule has 0 unspecified atom stereocenters. The first-order chi connectivity index (χ1) is 24.2. The van der Waals surface area contributed by atoms with E-state index in [1.165, 1.54) is 20.2 Å². The zero-order valence-electron chi connectivity index (χ0n) is 26.1. The first kappa shape index (κ1) is 27.5. The van der Waals surface area contributed by atoms with E-state index in [2.05, 4.69) is 143 Å². The predicted octanol–water partition coefficient (Wildman–Crippen LogP) is 11.7. The monoisotopic (exact) mass is 640 g/mol. The van der Waals surface area contributed by atoms with Gasteiger partial charge in [0.2, 0.25) is 0 Å². The molecule has 0 saturated carbocycles. The molecule has 10 aromatic rings. The van der Waals surface area contributed by atoms with Crippen LogP contribution in [0, 0.1) is 22.7 Å². The van der Waals surface area contributed by atoms with Gasteiger partial charge in [0, 0.05) is 52.8 Å². The minimum atomic E-state index is 0.645. The van der Waals surface area contributed by atoms with Crippen molar-refractivity contribution in [2.24, 2.45) is 0 Å². The Hall–Kier alpha value is -6.66. The molecule has 0 N–H and O–H groups in total. The van der Waals surface area contributed by atoms with Crippen LogP contribution in [0.4, 0.5) is 0 Å². The van der Waals surface area contributed by atoms with Gasteiger partial charge in [-0.1, -0.05) is 78.9 Å². The summed E-state index contributed by atoms with van der Waals surface area (Å²) in [4.78, 5) is 0. The van der Waals surface area contributed by atoms with Crippen molar-refractivity contribution in [3.63, 3.8) is 0 Å². The van der Waals surface area contributed by atoms with Crippen molar-refractivity contribution >= 4 is 75.1 Å². The Morgan fingerprint density at radius 1 is 0.429 bits per heavy atom. The number of fused-ring (bicyclic) bond motifs is 10. The van der Waals surface area contributed by atoms with E-state index in [9.17, 15) is 10.5 Å². The number of hydrogen-bond acceptors (Lipinski definition) is 3. The number of hydrogen-bond donors (Lipinski definition) is 0. The molecule has 0 atom stereocenters. The topological polar surface area (TPSA) is 57.4 Å². The number of rotatable bonds is 3. The fourth-order valence-corrected chi connectivity index (χ4v) is 8.84. The maximum absolute atomic E-state index is 9.89. The van der Waals surface area contributed by atoms with E-state index < -0.39 is 0 Å². The highest BCUT2D eigenvalue weighted by molar-refractivity contribution is 7.26. The molecular weight excluding hydrogens is 617 g/mol. The van der Waals surface area contributed by atoms with Crippen LogP contribution in [-0.2, 0) is 0 Å². The molecule has 4 nitrogen and oxygen atoms in total. The number of nitriles is 2. The Morgan fingerprint density at radius 3 is 1.69 bits per heavy atom. The van der Waals surface area contributed by atoms with Crippen molar-refractivity contribution in [3.8, 4) is 34.6 Å². The lowest BCUT2D eigenvalue weighted by Crippen LogP contribution is -2.01. The molecule has 0 spiro atoms. The second kappa shape index (κ2) is 10.4. The van der Waals surface area contributed by atoms with Crippen LogP contribution < -0.4 is 0 Å². The predicted molar refractivity (Wildman–Crippen MR) is 203 cm³/mol. The molecule has 0 bridgehead atoms. The molecule has 3 aromatic heterocycles. The van der Waals surface area contributed by atoms with Gasteiger partial charge in [-0.15, -0.1) is 11.3 Å². The van der Waals surface area contributed by atoms with Gasteiger partial charge in [-0.25, -0.2) is 0 Å². The lowest BCUT2D eigenvalue weighted by Gasteiger charge is -2.18. The van der Waals surface area contributed by atoms with E-state index >= 15 is 0 Å². The summed E-state index contributed by atoms with van der Waals surface area (Å²) in [5, 5.41) is 26.4. The van der Waals surface area contributed by atoms with Crippen molar-refractivity contribution in [3.05, 3.63) is 157 Å². The third-order valence-corrected chi connectivity index (χ3v) is 10.9. The fraction of sp³-hybridized carbons (Fsp3) is 0. The highest BCUT2D eigenvalue weighted by Gasteiger charge is 2.22. The molecule has 0 saturated heterocycles. The zero-order chi connectivity index (χ0) is 32.6. The van der Waals surface area contributed by atoms with Crippen molar-refractivity contribution in [2.45, 2.75) is 0 Å². The van der Waals surface area contributed by atoms with E-state index in [1.807, 2.05) is 35.6 Å². The Kier molecular flexibility index (Phi) is 5.84. The molecule has 10 rings (SSSR count). The van der Waals surface area contributed by atoms with Gasteiger partial charge >= 0.3 is 0 Å². The largest absolute Gasteiger partial charge is 0.309 e. The van der Waals surface area contributed by atoms with Crippen LogP contribution in [0.15, 0.2) is 146 Å². The first-order valence-electron chi connectivity index (χ1n) is 16.1. The van der Waals surface area contributed by atoms with E-state index in [0.29, 0.717) is 11.1 Å². The molecule has 7 aromatic carbocycles. The van der Waals surface area contributed by atoms with E-state index in [4.69, 9.17) is 0 Å². The molecule has 226 valence electrons. The molecule has 0 aliphatic heterocycles. The van der Waals surface area contributed by atoms with E-state index in [1.54, 1.807) is 0 Å². The first-order valence-corrected chi connectivity index (χ1v) is 17.0. The summed E-state index contributed by atoms with van der Waals surface area (Å²) in [6, 6.07) is 55.4. The lowest BCUT2D eigenvalue weighted by molar-refractivity contribution is 1.16. The summed E-state index contributed by atoms with van der Waals surface area (Å²) in [7, 11) is 0. The highest BCUT2D eigenvalue weighted by Crippen LogP contribution is 2.45. The lowest BCUT2D eigenvalue weighted by atomic mass is 10.0. The van der Waals surface area contributed by atoms with Crippen LogP contribution in [0.5, 0.6) is 0 Å². The SMILES string of the molecule is N#Cc1ccc2c(c1)c1ccccc1n2-c1ccccc1-c1ccccc1-n1c2ccc(C#N)cc2c2ccc3sc4ccccc4c3c21. The average molecular weight is 641 g/mol. The normalized spacial score (nSPS) is 11.6.